The molecule has 0 amide bonds. The highest BCUT2D eigenvalue weighted by Gasteiger charge is 2.30. The van der Waals surface area contributed by atoms with E-state index >= 15 is 0 Å². The number of hydrogen-bond donors (Lipinski definition) is 1. The SMILES string of the molecule is CCCc1cc(CCC(=O)O)n(Cc2ccc(C(F)(F)F)cc2Cl)n1. The minimum atomic E-state index is -4.45. The normalized spacial score (nSPS) is 11.7. The topological polar surface area (TPSA) is 55.1 Å². The molecular formula is C17H18ClF3N2O2. The van der Waals surface area contributed by atoms with Crippen LogP contribution in [0.5, 0.6) is 0 Å². The molecule has 8 heteroatoms. The molecule has 0 aliphatic rings. The first-order chi connectivity index (χ1) is 11.7. The molecule has 0 unspecified atom stereocenters. The van der Waals surface area contributed by atoms with Gasteiger partial charge in [-0.05, 0) is 36.6 Å². The molecule has 0 saturated heterocycles. The van der Waals surface area contributed by atoms with Crippen LogP contribution in [0.1, 0.15) is 42.3 Å². The number of aliphatic carboxylic acids is 1. The fraction of sp³-hybridized carbons (Fsp3) is 0.412. The molecule has 0 radical (unpaired) electrons. The van der Waals surface area contributed by atoms with Gasteiger partial charge >= 0.3 is 12.1 Å². The van der Waals surface area contributed by atoms with Crippen LogP contribution < -0.4 is 0 Å². The lowest BCUT2D eigenvalue weighted by Crippen LogP contribution is -2.10. The summed E-state index contributed by atoms with van der Waals surface area (Å²) in [5.74, 6) is -0.919. The molecule has 1 aromatic heterocycles. The predicted octanol–water partition coefficient (Wildman–Crippen LogP) is 4.57. The highest BCUT2D eigenvalue weighted by atomic mass is 35.5. The van der Waals surface area contributed by atoms with Gasteiger partial charge in [0.2, 0.25) is 0 Å². The molecule has 4 nitrogen and oxygen atoms in total. The van der Waals surface area contributed by atoms with E-state index < -0.39 is 17.7 Å². The molecule has 2 aromatic rings. The van der Waals surface area contributed by atoms with Gasteiger partial charge < -0.3 is 5.11 Å². The number of alkyl halides is 3. The van der Waals surface area contributed by atoms with E-state index in [1.807, 2.05) is 13.0 Å². The Bertz CT molecular complexity index is 757. The van der Waals surface area contributed by atoms with Crippen LogP contribution in [0.4, 0.5) is 13.2 Å². The van der Waals surface area contributed by atoms with E-state index in [0.29, 0.717) is 12.0 Å². The smallest absolute Gasteiger partial charge is 0.416 e. The van der Waals surface area contributed by atoms with E-state index in [0.717, 1.165) is 36.4 Å². The lowest BCUT2D eigenvalue weighted by molar-refractivity contribution is -0.138. The van der Waals surface area contributed by atoms with Gasteiger partial charge in [-0.1, -0.05) is 31.0 Å². The Morgan fingerprint density at radius 1 is 1.28 bits per heavy atom. The van der Waals surface area contributed by atoms with E-state index in [9.17, 15) is 18.0 Å². The van der Waals surface area contributed by atoms with Gasteiger partial charge in [-0.15, -0.1) is 0 Å². The minimum Gasteiger partial charge on any atom is -0.481 e. The van der Waals surface area contributed by atoms with E-state index in [1.165, 1.54) is 6.07 Å². The number of carboxylic acids is 1. The first kappa shape index (κ1) is 19.3. The third-order valence-corrected chi connectivity index (χ3v) is 4.07. The average Bonchev–Trinajstić information content (AvgIpc) is 2.88. The number of nitrogens with zero attached hydrogens (tertiary/aromatic N) is 2. The number of rotatable bonds is 7. The Kier molecular flexibility index (Phi) is 6.11. The first-order valence-electron chi connectivity index (χ1n) is 7.83. The Hall–Kier alpha value is -2.02. The van der Waals surface area contributed by atoms with Gasteiger partial charge in [0, 0.05) is 10.7 Å². The molecule has 136 valence electrons. The molecule has 2 rings (SSSR count). The number of benzene rings is 1. The number of carbonyl (C=O) groups is 1. The second-order valence-electron chi connectivity index (χ2n) is 5.73. The molecule has 0 fully saturated rings. The Balaban J connectivity index is 2.27. The number of carboxylic acid groups (broad SMARTS) is 1. The lowest BCUT2D eigenvalue weighted by Gasteiger charge is -2.11. The molecule has 25 heavy (non-hydrogen) atoms. The van der Waals surface area contributed by atoms with Crippen molar-refractivity contribution in [3.8, 4) is 0 Å². The van der Waals surface area contributed by atoms with Crippen molar-refractivity contribution < 1.29 is 23.1 Å². The van der Waals surface area contributed by atoms with Gasteiger partial charge in [-0.25, -0.2) is 0 Å². The molecule has 1 heterocycles. The molecule has 0 saturated carbocycles. The van der Waals surface area contributed by atoms with Crippen LogP contribution in [0.25, 0.3) is 0 Å². The second kappa shape index (κ2) is 7.91. The third kappa shape index (κ3) is 5.22. The van der Waals surface area contributed by atoms with Crippen molar-refractivity contribution in [2.24, 2.45) is 0 Å². The van der Waals surface area contributed by atoms with Crippen molar-refractivity contribution in [1.82, 2.24) is 9.78 Å². The van der Waals surface area contributed by atoms with Crippen molar-refractivity contribution >= 4 is 17.6 Å². The summed E-state index contributed by atoms with van der Waals surface area (Å²) in [7, 11) is 0. The lowest BCUT2D eigenvalue weighted by atomic mass is 10.1. The molecule has 1 aromatic carbocycles. The largest absolute Gasteiger partial charge is 0.481 e. The predicted molar refractivity (Wildman–Crippen MR) is 87.7 cm³/mol. The Morgan fingerprint density at radius 3 is 2.56 bits per heavy atom. The van der Waals surface area contributed by atoms with Gasteiger partial charge in [0.15, 0.2) is 0 Å². The molecule has 1 N–H and O–H groups in total. The number of hydrogen-bond acceptors (Lipinski definition) is 2. The average molecular weight is 375 g/mol. The molecule has 0 atom stereocenters. The summed E-state index contributed by atoms with van der Waals surface area (Å²) in [5, 5.41) is 13.3. The highest BCUT2D eigenvalue weighted by molar-refractivity contribution is 6.31. The Morgan fingerprint density at radius 2 is 2.00 bits per heavy atom. The first-order valence-corrected chi connectivity index (χ1v) is 8.21. The van der Waals surface area contributed by atoms with Gasteiger partial charge in [0.25, 0.3) is 0 Å². The van der Waals surface area contributed by atoms with Crippen LogP contribution in [0, 0.1) is 0 Å². The molecule has 0 bridgehead atoms. The summed E-state index contributed by atoms with van der Waals surface area (Å²) in [5.41, 5.74) is 1.24. The van der Waals surface area contributed by atoms with Crippen molar-refractivity contribution in [2.75, 3.05) is 0 Å². The minimum absolute atomic E-state index is 0.00607. The van der Waals surface area contributed by atoms with Gasteiger partial charge in [0.05, 0.1) is 24.2 Å². The van der Waals surface area contributed by atoms with E-state index in [2.05, 4.69) is 5.10 Å². The fourth-order valence-electron chi connectivity index (χ4n) is 2.48. The zero-order valence-corrected chi connectivity index (χ0v) is 14.4. The summed E-state index contributed by atoms with van der Waals surface area (Å²) in [6.07, 6.45) is -2.57. The standard InChI is InChI=1S/C17H18ClF3N2O2/c1-2-3-13-9-14(6-7-16(24)25)23(22-13)10-11-4-5-12(8-15(11)18)17(19,20)21/h4-5,8-9H,2-3,6-7,10H2,1H3,(H,24,25). The quantitative estimate of drug-likeness (QED) is 0.772. The van der Waals surface area contributed by atoms with Crippen LogP contribution in [0.2, 0.25) is 5.02 Å². The van der Waals surface area contributed by atoms with Crippen LogP contribution >= 0.6 is 11.6 Å². The molecule has 0 spiro atoms. The highest BCUT2D eigenvalue weighted by Crippen LogP contribution is 2.32. The van der Waals surface area contributed by atoms with Crippen molar-refractivity contribution in [3.05, 3.63) is 51.8 Å². The van der Waals surface area contributed by atoms with Crippen molar-refractivity contribution in [3.63, 3.8) is 0 Å². The maximum Gasteiger partial charge on any atom is 0.416 e. The summed E-state index contributed by atoms with van der Waals surface area (Å²) < 4.78 is 39.8. The van der Waals surface area contributed by atoms with E-state index in [-0.39, 0.29) is 18.0 Å². The fourth-order valence-corrected chi connectivity index (χ4v) is 2.72. The van der Waals surface area contributed by atoms with Gasteiger partial charge in [0.1, 0.15) is 0 Å². The monoisotopic (exact) mass is 374 g/mol. The molecular weight excluding hydrogens is 357 g/mol. The van der Waals surface area contributed by atoms with Crippen LogP contribution in [-0.2, 0) is 30.4 Å². The second-order valence-corrected chi connectivity index (χ2v) is 6.14. The summed E-state index contributed by atoms with van der Waals surface area (Å²) >= 11 is 6.00. The summed E-state index contributed by atoms with van der Waals surface area (Å²) in [6.45, 7) is 2.19. The van der Waals surface area contributed by atoms with Crippen molar-refractivity contribution in [2.45, 2.75) is 45.3 Å². The summed E-state index contributed by atoms with van der Waals surface area (Å²) in [4.78, 5) is 10.8. The number of aryl methyl sites for hydroxylation is 2. The van der Waals surface area contributed by atoms with Crippen LogP contribution in [0.15, 0.2) is 24.3 Å². The van der Waals surface area contributed by atoms with Crippen LogP contribution in [-0.4, -0.2) is 20.9 Å². The zero-order valence-electron chi connectivity index (χ0n) is 13.6. The number of aromatic nitrogens is 2. The molecule has 0 aliphatic heterocycles. The molecule has 0 aliphatic carbocycles. The maximum atomic E-state index is 12.7. The number of halogens is 4. The van der Waals surface area contributed by atoms with E-state index in [1.54, 1.807) is 4.68 Å². The van der Waals surface area contributed by atoms with E-state index in [4.69, 9.17) is 16.7 Å². The third-order valence-electron chi connectivity index (χ3n) is 3.72. The zero-order chi connectivity index (χ0) is 18.6. The van der Waals surface area contributed by atoms with Crippen molar-refractivity contribution in [1.29, 1.82) is 0 Å². The van der Waals surface area contributed by atoms with Gasteiger partial charge in [-0.2, -0.15) is 18.3 Å². The Labute approximate surface area is 148 Å². The van der Waals surface area contributed by atoms with Crippen LogP contribution in [0.3, 0.4) is 0 Å². The maximum absolute atomic E-state index is 12.7. The summed E-state index contributed by atoms with van der Waals surface area (Å²) in [6, 6.07) is 5.04. The van der Waals surface area contributed by atoms with Gasteiger partial charge in [-0.3, -0.25) is 9.48 Å².